The molecule has 5 nitrogen and oxygen atoms in total. The number of para-hydroxylation sites is 1. The lowest BCUT2D eigenvalue weighted by molar-refractivity contribution is 0.0702. The lowest BCUT2D eigenvalue weighted by Gasteiger charge is -2.31. The second-order valence-electron chi connectivity index (χ2n) is 7.14. The molecule has 0 bridgehead atoms. The zero-order valence-corrected chi connectivity index (χ0v) is 16.9. The van der Waals surface area contributed by atoms with Gasteiger partial charge in [-0.1, -0.05) is 43.6 Å². The molecule has 0 unspecified atom stereocenters. The maximum absolute atomic E-state index is 13.2. The Morgan fingerprint density at radius 3 is 2.67 bits per heavy atom. The maximum atomic E-state index is 13.2. The van der Waals surface area contributed by atoms with Crippen LogP contribution >= 0.6 is 11.6 Å². The Kier molecular flexibility index (Phi) is 5.71. The van der Waals surface area contributed by atoms with Crippen LogP contribution in [0.1, 0.15) is 24.2 Å². The van der Waals surface area contributed by atoms with E-state index in [1.54, 1.807) is 12.3 Å². The van der Waals surface area contributed by atoms with Crippen LogP contribution in [0.4, 0.5) is 5.82 Å². The van der Waals surface area contributed by atoms with Gasteiger partial charge in [-0.2, -0.15) is 0 Å². The second kappa shape index (κ2) is 8.01. The van der Waals surface area contributed by atoms with Crippen molar-refractivity contribution in [2.75, 3.05) is 18.9 Å². The van der Waals surface area contributed by atoms with Gasteiger partial charge < -0.3 is 14.8 Å². The Morgan fingerprint density at radius 2 is 2.00 bits per heavy atom. The highest BCUT2D eigenvalue weighted by Gasteiger charge is 2.26. The van der Waals surface area contributed by atoms with Crippen LogP contribution in [0.2, 0.25) is 5.02 Å². The Balaban J connectivity index is 1.80. The SMILES string of the molecule is CC(C)[C@@H](CNc1ccc(Cl)cn1)N(C)C(=O)c1cn(C)c2ccccc12. The van der Waals surface area contributed by atoms with Gasteiger partial charge in [0.2, 0.25) is 0 Å². The van der Waals surface area contributed by atoms with Crippen molar-refractivity contribution in [3.8, 4) is 0 Å². The Morgan fingerprint density at radius 1 is 1.26 bits per heavy atom. The molecule has 3 rings (SSSR count). The number of nitrogens with zero attached hydrogens (tertiary/aromatic N) is 3. The molecule has 142 valence electrons. The Bertz CT molecular complexity index is 933. The lowest BCUT2D eigenvalue weighted by Crippen LogP contribution is -2.44. The van der Waals surface area contributed by atoms with Gasteiger partial charge in [0.15, 0.2) is 0 Å². The Labute approximate surface area is 165 Å². The summed E-state index contributed by atoms with van der Waals surface area (Å²) in [6.45, 7) is 4.85. The molecule has 1 atom stereocenters. The molecular weight excluding hydrogens is 360 g/mol. The molecule has 6 heteroatoms. The summed E-state index contributed by atoms with van der Waals surface area (Å²) in [6.07, 6.45) is 3.52. The summed E-state index contributed by atoms with van der Waals surface area (Å²) in [5, 5.41) is 4.89. The van der Waals surface area contributed by atoms with Gasteiger partial charge in [0.1, 0.15) is 5.82 Å². The van der Waals surface area contributed by atoms with Crippen molar-refractivity contribution in [3.63, 3.8) is 0 Å². The van der Waals surface area contributed by atoms with Gasteiger partial charge in [-0.15, -0.1) is 0 Å². The van der Waals surface area contributed by atoms with E-state index in [2.05, 4.69) is 24.1 Å². The number of halogens is 1. The maximum Gasteiger partial charge on any atom is 0.256 e. The summed E-state index contributed by atoms with van der Waals surface area (Å²) in [5.41, 5.74) is 1.78. The van der Waals surface area contributed by atoms with Crippen LogP contribution in [-0.4, -0.2) is 40.0 Å². The van der Waals surface area contributed by atoms with Gasteiger partial charge >= 0.3 is 0 Å². The van der Waals surface area contributed by atoms with E-state index < -0.39 is 0 Å². The van der Waals surface area contributed by atoms with Crippen molar-refractivity contribution in [1.82, 2.24) is 14.5 Å². The first-order chi connectivity index (χ1) is 12.9. The molecule has 2 heterocycles. The average Bonchev–Trinajstić information content (AvgIpc) is 2.99. The zero-order valence-electron chi connectivity index (χ0n) is 16.1. The monoisotopic (exact) mass is 384 g/mol. The van der Waals surface area contributed by atoms with Crippen molar-refractivity contribution in [2.45, 2.75) is 19.9 Å². The van der Waals surface area contributed by atoms with E-state index in [4.69, 9.17) is 11.6 Å². The summed E-state index contributed by atoms with van der Waals surface area (Å²) >= 11 is 5.89. The molecule has 27 heavy (non-hydrogen) atoms. The quantitative estimate of drug-likeness (QED) is 0.683. The predicted molar refractivity (Wildman–Crippen MR) is 111 cm³/mol. The average molecular weight is 385 g/mol. The van der Waals surface area contributed by atoms with Crippen molar-refractivity contribution in [2.24, 2.45) is 13.0 Å². The molecule has 0 saturated carbocycles. The third kappa shape index (κ3) is 4.08. The number of benzene rings is 1. The van der Waals surface area contributed by atoms with Crippen LogP contribution in [0.3, 0.4) is 0 Å². The fraction of sp³-hybridized carbons (Fsp3) is 0.333. The number of aromatic nitrogens is 2. The van der Waals surface area contributed by atoms with Crippen LogP contribution in [0.5, 0.6) is 0 Å². The summed E-state index contributed by atoms with van der Waals surface area (Å²) in [5.74, 6) is 1.06. The fourth-order valence-corrected chi connectivity index (χ4v) is 3.47. The molecule has 0 fully saturated rings. The molecule has 1 aromatic carbocycles. The third-order valence-corrected chi connectivity index (χ3v) is 5.16. The normalized spacial score (nSPS) is 12.4. The van der Waals surface area contributed by atoms with Crippen LogP contribution in [-0.2, 0) is 7.05 Å². The molecular formula is C21H25ClN4O. The van der Waals surface area contributed by atoms with E-state index >= 15 is 0 Å². The minimum atomic E-state index is 0.0222. The lowest BCUT2D eigenvalue weighted by atomic mass is 10.0. The number of likely N-dealkylation sites (N-methyl/N-ethyl adjacent to an activating group) is 1. The molecule has 3 aromatic rings. The first-order valence-corrected chi connectivity index (χ1v) is 9.43. The molecule has 0 aliphatic rings. The number of fused-ring (bicyclic) bond motifs is 1. The van der Waals surface area contributed by atoms with E-state index in [0.717, 1.165) is 22.3 Å². The largest absolute Gasteiger partial charge is 0.368 e. The van der Waals surface area contributed by atoms with E-state index in [1.165, 1.54) is 0 Å². The van der Waals surface area contributed by atoms with Crippen LogP contribution in [0.15, 0.2) is 48.8 Å². The molecule has 0 radical (unpaired) electrons. The first kappa shape index (κ1) is 19.2. The summed E-state index contributed by atoms with van der Waals surface area (Å²) in [4.78, 5) is 19.3. The first-order valence-electron chi connectivity index (χ1n) is 9.05. The van der Waals surface area contributed by atoms with Crippen LogP contribution in [0.25, 0.3) is 10.9 Å². The predicted octanol–water partition coefficient (Wildman–Crippen LogP) is 4.44. The van der Waals surface area contributed by atoms with E-state index in [0.29, 0.717) is 11.6 Å². The number of aryl methyl sites for hydroxylation is 1. The van der Waals surface area contributed by atoms with Crippen LogP contribution < -0.4 is 5.32 Å². The topological polar surface area (TPSA) is 50.2 Å². The number of hydrogen-bond acceptors (Lipinski definition) is 3. The van der Waals surface area contributed by atoms with Crippen molar-refractivity contribution in [3.05, 3.63) is 59.4 Å². The standard InChI is InChI=1S/C21H25ClN4O/c1-14(2)19(12-24-20-10-9-15(22)11-23-20)26(4)21(27)17-13-25(3)18-8-6-5-7-16(17)18/h5-11,13-14,19H,12H2,1-4H3,(H,23,24)/t19-/m1/s1. The molecule has 0 aliphatic heterocycles. The van der Waals surface area contributed by atoms with Gasteiger partial charge in [-0.3, -0.25) is 4.79 Å². The number of hydrogen-bond donors (Lipinski definition) is 1. The van der Waals surface area contributed by atoms with E-state index in [9.17, 15) is 4.79 Å². The van der Waals surface area contributed by atoms with Crippen LogP contribution in [0, 0.1) is 5.92 Å². The number of carbonyl (C=O) groups is 1. The minimum absolute atomic E-state index is 0.0222. The number of nitrogens with one attached hydrogen (secondary N) is 1. The molecule has 1 amide bonds. The van der Waals surface area contributed by atoms with Gasteiger partial charge in [0.25, 0.3) is 5.91 Å². The van der Waals surface area contributed by atoms with Crippen molar-refractivity contribution >= 4 is 34.2 Å². The van der Waals surface area contributed by atoms with Gasteiger partial charge in [-0.05, 0) is 24.1 Å². The number of anilines is 1. The summed E-state index contributed by atoms with van der Waals surface area (Å²) in [6, 6.07) is 11.6. The van der Waals surface area contributed by atoms with Crippen molar-refractivity contribution < 1.29 is 4.79 Å². The van der Waals surface area contributed by atoms with E-state index in [1.807, 2.05) is 60.1 Å². The van der Waals surface area contributed by atoms with E-state index in [-0.39, 0.29) is 17.9 Å². The van der Waals surface area contributed by atoms with Crippen molar-refractivity contribution in [1.29, 1.82) is 0 Å². The highest BCUT2D eigenvalue weighted by molar-refractivity contribution is 6.30. The third-order valence-electron chi connectivity index (χ3n) is 4.93. The van der Waals surface area contributed by atoms with Gasteiger partial charge in [0.05, 0.1) is 16.6 Å². The second-order valence-corrected chi connectivity index (χ2v) is 7.58. The Hall–Kier alpha value is -2.53. The molecule has 0 aliphatic carbocycles. The minimum Gasteiger partial charge on any atom is -0.368 e. The smallest absolute Gasteiger partial charge is 0.256 e. The zero-order chi connectivity index (χ0) is 19.6. The molecule has 0 spiro atoms. The fourth-order valence-electron chi connectivity index (χ4n) is 3.36. The van der Waals surface area contributed by atoms with Gasteiger partial charge in [-0.25, -0.2) is 4.98 Å². The number of pyridine rings is 1. The number of rotatable bonds is 6. The highest BCUT2D eigenvalue weighted by atomic mass is 35.5. The molecule has 0 saturated heterocycles. The highest BCUT2D eigenvalue weighted by Crippen LogP contribution is 2.23. The number of carbonyl (C=O) groups excluding carboxylic acids is 1. The number of amides is 1. The molecule has 1 N–H and O–H groups in total. The molecule has 2 aromatic heterocycles. The summed E-state index contributed by atoms with van der Waals surface area (Å²) in [7, 11) is 3.83. The van der Waals surface area contributed by atoms with Gasteiger partial charge in [0, 0.05) is 43.9 Å². The summed E-state index contributed by atoms with van der Waals surface area (Å²) < 4.78 is 2.00.